The number of benzene rings is 1. The van der Waals surface area contributed by atoms with Crippen molar-refractivity contribution in [3.05, 3.63) is 30.1 Å². The maximum atomic E-state index is 13.4. The van der Waals surface area contributed by atoms with Crippen LogP contribution in [0.15, 0.2) is 24.3 Å². The highest BCUT2D eigenvalue weighted by atomic mass is 19.1. The number of halogens is 1. The van der Waals surface area contributed by atoms with E-state index in [1.807, 2.05) is 6.92 Å². The van der Waals surface area contributed by atoms with Crippen molar-refractivity contribution in [1.82, 2.24) is 5.32 Å². The van der Waals surface area contributed by atoms with Crippen LogP contribution >= 0.6 is 0 Å². The third-order valence-electron chi connectivity index (χ3n) is 4.20. The number of carbonyl (C=O) groups excluding carboxylic acids is 1. The lowest BCUT2D eigenvalue weighted by Gasteiger charge is -2.51. The first kappa shape index (κ1) is 15.9. The van der Waals surface area contributed by atoms with Crippen molar-refractivity contribution < 1.29 is 13.9 Å². The molecule has 0 spiro atoms. The second-order valence-corrected chi connectivity index (χ2v) is 5.96. The minimum absolute atomic E-state index is 0.00822. The van der Waals surface area contributed by atoms with Crippen LogP contribution in [0, 0.1) is 11.2 Å². The fraction of sp³-hybridized carbons (Fsp3) is 0.562. The van der Waals surface area contributed by atoms with Gasteiger partial charge in [-0.1, -0.05) is 26.0 Å². The fourth-order valence-corrected chi connectivity index (χ4v) is 2.69. The van der Waals surface area contributed by atoms with E-state index >= 15 is 0 Å². The Kier molecular flexibility index (Phi) is 4.96. The summed E-state index contributed by atoms with van der Waals surface area (Å²) in [5.41, 5.74) is 0.221. The van der Waals surface area contributed by atoms with Gasteiger partial charge in [0.2, 0.25) is 5.91 Å². The minimum atomic E-state index is -0.425. The summed E-state index contributed by atoms with van der Waals surface area (Å²) in [6, 6.07) is 6.39. The predicted molar refractivity (Wildman–Crippen MR) is 80.6 cm³/mol. The molecule has 0 heterocycles. The first-order chi connectivity index (χ1) is 9.95. The van der Waals surface area contributed by atoms with Crippen LogP contribution in [0.2, 0.25) is 0 Å². The quantitative estimate of drug-likeness (QED) is 0.848. The van der Waals surface area contributed by atoms with Crippen molar-refractivity contribution in [3.63, 3.8) is 0 Å². The molecule has 1 amide bonds. The van der Waals surface area contributed by atoms with E-state index in [0.717, 1.165) is 6.42 Å². The second kappa shape index (κ2) is 6.54. The lowest BCUT2D eigenvalue weighted by Crippen LogP contribution is -2.61. The molecule has 0 aromatic heterocycles. The lowest BCUT2D eigenvalue weighted by molar-refractivity contribution is -0.123. The normalized spacial score (nSPS) is 23.4. The number of amides is 1. The van der Waals surface area contributed by atoms with Gasteiger partial charge >= 0.3 is 0 Å². The molecule has 1 aromatic rings. The number of rotatable bonds is 6. The van der Waals surface area contributed by atoms with Crippen molar-refractivity contribution in [1.29, 1.82) is 0 Å². The summed E-state index contributed by atoms with van der Waals surface area (Å²) in [6.07, 6.45) is 1.13. The summed E-state index contributed by atoms with van der Waals surface area (Å²) in [4.78, 5) is 11.9. The highest BCUT2D eigenvalue weighted by Crippen LogP contribution is 2.42. The number of hydrogen-bond donors (Lipinski definition) is 2. The lowest BCUT2D eigenvalue weighted by atomic mass is 9.64. The summed E-state index contributed by atoms with van der Waals surface area (Å²) >= 11 is 0. The SMILES string of the molecule is CCOC1CC(NCC(=O)Nc2ccccc2F)C1(C)C. The summed E-state index contributed by atoms with van der Waals surface area (Å²) in [5, 5.41) is 5.79. The Morgan fingerprint density at radius 1 is 1.43 bits per heavy atom. The highest BCUT2D eigenvalue weighted by molar-refractivity contribution is 5.92. The standard InChI is InChI=1S/C16H23FN2O2/c1-4-21-14-9-13(16(14,2)3)18-10-15(20)19-12-8-6-5-7-11(12)17/h5-8,13-14,18H,4,9-10H2,1-3H3,(H,19,20). The van der Waals surface area contributed by atoms with Gasteiger partial charge in [0.1, 0.15) is 5.82 Å². The molecule has 116 valence electrons. The van der Waals surface area contributed by atoms with Gasteiger partial charge in [-0.05, 0) is 25.5 Å². The van der Waals surface area contributed by atoms with E-state index < -0.39 is 5.82 Å². The summed E-state index contributed by atoms with van der Waals surface area (Å²) in [7, 11) is 0. The minimum Gasteiger partial charge on any atom is -0.378 e. The van der Waals surface area contributed by atoms with Crippen LogP contribution in [-0.2, 0) is 9.53 Å². The number of nitrogens with one attached hydrogen (secondary N) is 2. The van der Waals surface area contributed by atoms with E-state index in [9.17, 15) is 9.18 Å². The monoisotopic (exact) mass is 294 g/mol. The Morgan fingerprint density at radius 2 is 2.14 bits per heavy atom. The van der Waals surface area contributed by atoms with Crippen molar-refractivity contribution in [2.75, 3.05) is 18.5 Å². The van der Waals surface area contributed by atoms with Gasteiger partial charge < -0.3 is 15.4 Å². The van der Waals surface area contributed by atoms with E-state index in [-0.39, 0.29) is 35.7 Å². The van der Waals surface area contributed by atoms with Crippen LogP contribution in [0.25, 0.3) is 0 Å². The molecule has 1 aliphatic carbocycles. The zero-order valence-electron chi connectivity index (χ0n) is 12.8. The van der Waals surface area contributed by atoms with Gasteiger partial charge in [-0.25, -0.2) is 4.39 Å². The van der Waals surface area contributed by atoms with Crippen molar-refractivity contribution in [3.8, 4) is 0 Å². The molecule has 4 nitrogen and oxygen atoms in total. The first-order valence-electron chi connectivity index (χ1n) is 7.34. The molecule has 21 heavy (non-hydrogen) atoms. The molecule has 1 aliphatic rings. The van der Waals surface area contributed by atoms with Crippen LogP contribution in [0.4, 0.5) is 10.1 Å². The molecule has 1 fully saturated rings. The van der Waals surface area contributed by atoms with E-state index in [4.69, 9.17) is 4.74 Å². The van der Waals surface area contributed by atoms with E-state index in [1.54, 1.807) is 18.2 Å². The van der Waals surface area contributed by atoms with Crippen LogP contribution in [0.5, 0.6) is 0 Å². The molecule has 1 aromatic carbocycles. The average molecular weight is 294 g/mol. The topological polar surface area (TPSA) is 50.4 Å². The molecule has 1 saturated carbocycles. The molecule has 0 aliphatic heterocycles. The summed E-state index contributed by atoms with van der Waals surface area (Å²) < 4.78 is 19.1. The maximum Gasteiger partial charge on any atom is 0.238 e. The first-order valence-corrected chi connectivity index (χ1v) is 7.34. The van der Waals surface area contributed by atoms with Gasteiger partial charge in [-0.3, -0.25) is 4.79 Å². The van der Waals surface area contributed by atoms with E-state index in [2.05, 4.69) is 24.5 Å². The molecule has 2 rings (SSSR count). The predicted octanol–water partition coefficient (Wildman–Crippen LogP) is 2.56. The largest absolute Gasteiger partial charge is 0.378 e. The average Bonchev–Trinajstić information content (AvgIpc) is 2.44. The third-order valence-corrected chi connectivity index (χ3v) is 4.20. The van der Waals surface area contributed by atoms with Crippen molar-refractivity contribution in [2.24, 2.45) is 5.41 Å². The number of para-hydroxylation sites is 1. The van der Waals surface area contributed by atoms with Gasteiger partial charge in [0.15, 0.2) is 0 Å². The molecular weight excluding hydrogens is 271 g/mol. The zero-order valence-corrected chi connectivity index (χ0v) is 12.8. The van der Waals surface area contributed by atoms with Crippen LogP contribution in [-0.4, -0.2) is 31.2 Å². The molecule has 0 saturated heterocycles. The molecule has 2 unspecified atom stereocenters. The number of hydrogen-bond acceptors (Lipinski definition) is 3. The Morgan fingerprint density at radius 3 is 2.76 bits per heavy atom. The summed E-state index contributed by atoms with van der Waals surface area (Å²) in [6.45, 7) is 7.11. The van der Waals surface area contributed by atoms with Gasteiger partial charge in [-0.15, -0.1) is 0 Å². The number of ether oxygens (including phenoxy) is 1. The van der Waals surface area contributed by atoms with Crippen LogP contribution < -0.4 is 10.6 Å². The number of carbonyl (C=O) groups is 1. The maximum absolute atomic E-state index is 13.4. The van der Waals surface area contributed by atoms with Crippen molar-refractivity contribution >= 4 is 11.6 Å². The van der Waals surface area contributed by atoms with Gasteiger partial charge in [0.25, 0.3) is 0 Å². The van der Waals surface area contributed by atoms with Crippen LogP contribution in [0.3, 0.4) is 0 Å². The third kappa shape index (κ3) is 3.60. The molecule has 5 heteroatoms. The molecule has 2 N–H and O–H groups in total. The fourth-order valence-electron chi connectivity index (χ4n) is 2.69. The van der Waals surface area contributed by atoms with E-state index in [0.29, 0.717) is 6.61 Å². The summed E-state index contributed by atoms with van der Waals surface area (Å²) in [5.74, 6) is -0.665. The Balaban J connectivity index is 1.79. The molecule has 2 atom stereocenters. The molecule has 0 bridgehead atoms. The zero-order chi connectivity index (χ0) is 15.5. The van der Waals surface area contributed by atoms with Crippen molar-refractivity contribution in [2.45, 2.75) is 39.3 Å². The smallest absolute Gasteiger partial charge is 0.238 e. The van der Waals surface area contributed by atoms with Crippen LogP contribution in [0.1, 0.15) is 27.2 Å². The Bertz CT molecular complexity index is 505. The molecular formula is C16H23FN2O2. The highest BCUT2D eigenvalue weighted by Gasteiger charge is 2.48. The van der Waals surface area contributed by atoms with Gasteiger partial charge in [0, 0.05) is 18.1 Å². The Hall–Kier alpha value is -1.46. The number of anilines is 1. The Labute approximate surface area is 125 Å². The van der Waals surface area contributed by atoms with Gasteiger partial charge in [0.05, 0.1) is 18.3 Å². The second-order valence-electron chi connectivity index (χ2n) is 5.96. The van der Waals surface area contributed by atoms with E-state index in [1.165, 1.54) is 6.07 Å². The molecule has 0 radical (unpaired) electrons. The van der Waals surface area contributed by atoms with Gasteiger partial charge in [-0.2, -0.15) is 0 Å².